The number of hydrogen-bond acceptors (Lipinski definition) is 3. The van der Waals surface area contributed by atoms with Crippen molar-refractivity contribution in [2.24, 2.45) is 17.7 Å². The Hall–Kier alpha value is -0.830. The predicted octanol–water partition coefficient (Wildman–Crippen LogP) is 2.03. The van der Waals surface area contributed by atoms with E-state index in [4.69, 9.17) is 5.90 Å². The number of carbonyl (C=O) groups is 1. The third-order valence-electron chi connectivity index (χ3n) is 2.18. The highest BCUT2D eigenvalue weighted by Crippen LogP contribution is 2.15. The molecule has 0 heterocycles. The zero-order valence-corrected chi connectivity index (χ0v) is 8.45. The van der Waals surface area contributed by atoms with Crippen LogP contribution in [0.5, 0.6) is 0 Å². The van der Waals surface area contributed by atoms with Crippen molar-refractivity contribution < 1.29 is 9.63 Å². The van der Waals surface area contributed by atoms with Crippen molar-refractivity contribution in [3.8, 4) is 0 Å². The van der Waals surface area contributed by atoms with Gasteiger partial charge in [-0.3, -0.25) is 4.79 Å². The summed E-state index contributed by atoms with van der Waals surface area (Å²) in [6, 6.07) is 0. The van der Waals surface area contributed by atoms with Crippen molar-refractivity contribution in [3.05, 3.63) is 12.7 Å². The van der Waals surface area contributed by atoms with Gasteiger partial charge in [0.2, 0.25) is 0 Å². The summed E-state index contributed by atoms with van der Waals surface area (Å²) in [7, 11) is 0. The summed E-state index contributed by atoms with van der Waals surface area (Å²) in [5.74, 6) is 4.92. The average molecular weight is 185 g/mol. The summed E-state index contributed by atoms with van der Waals surface area (Å²) in [6.07, 6.45) is 4.72. The molecule has 0 aliphatic heterocycles. The van der Waals surface area contributed by atoms with Crippen LogP contribution in [-0.4, -0.2) is 5.97 Å². The molecule has 2 atom stereocenters. The maximum Gasteiger partial charge on any atom is 0.327 e. The molecule has 0 aromatic heterocycles. The van der Waals surface area contributed by atoms with Crippen molar-refractivity contribution in [2.45, 2.75) is 33.1 Å². The molecule has 0 saturated carbocycles. The third-order valence-corrected chi connectivity index (χ3v) is 2.18. The fourth-order valence-corrected chi connectivity index (χ4v) is 1.17. The fourth-order valence-electron chi connectivity index (χ4n) is 1.17. The quantitative estimate of drug-likeness (QED) is 0.509. The highest BCUT2D eigenvalue weighted by Gasteiger charge is 2.14. The van der Waals surface area contributed by atoms with Crippen LogP contribution < -0.4 is 5.90 Å². The van der Waals surface area contributed by atoms with Crippen molar-refractivity contribution in [3.63, 3.8) is 0 Å². The molecule has 0 saturated heterocycles. The zero-order valence-electron chi connectivity index (χ0n) is 8.45. The van der Waals surface area contributed by atoms with E-state index in [1.807, 2.05) is 13.0 Å². The second-order valence-corrected chi connectivity index (χ2v) is 3.54. The second kappa shape index (κ2) is 6.66. The van der Waals surface area contributed by atoms with Crippen LogP contribution >= 0.6 is 0 Å². The van der Waals surface area contributed by atoms with Crippen LogP contribution in [0.3, 0.4) is 0 Å². The lowest BCUT2D eigenvalue weighted by Crippen LogP contribution is -2.18. The SMILES string of the molecule is C=CCC(C)CCC(C)C(=O)ON. The van der Waals surface area contributed by atoms with Crippen molar-refractivity contribution >= 4 is 5.97 Å². The largest absolute Gasteiger partial charge is 0.373 e. The maximum atomic E-state index is 10.9. The Morgan fingerprint density at radius 1 is 1.54 bits per heavy atom. The summed E-state index contributed by atoms with van der Waals surface area (Å²) in [5, 5.41) is 0. The lowest BCUT2D eigenvalue weighted by Gasteiger charge is -2.11. The molecule has 0 aromatic carbocycles. The van der Waals surface area contributed by atoms with Crippen molar-refractivity contribution in [2.75, 3.05) is 0 Å². The van der Waals surface area contributed by atoms with Crippen LogP contribution in [0, 0.1) is 11.8 Å². The molecule has 0 aromatic rings. The molecule has 0 aliphatic rings. The minimum atomic E-state index is -0.328. The highest BCUT2D eigenvalue weighted by molar-refractivity contribution is 5.71. The van der Waals surface area contributed by atoms with Gasteiger partial charge >= 0.3 is 5.97 Å². The van der Waals surface area contributed by atoms with E-state index in [0.717, 1.165) is 19.3 Å². The fraction of sp³-hybridized carbons (Fsp3) is 0.700. The number of carbonyl (C=O) groups excluding carboxylic acids is 1. The number of nitrogens with two attached hydrogens (primary N) is 1. The normalized spacial score (nSPS) is 14.7. The summed E-state index contributed by atoms with van der Waals surface area (Å²) < 4.78 is 0. The molecule has 76 valence electrons. The smallest absolute Gasteiger partial charge is 0.327 e. The van der Waals surface area contributed by atoms with E-state index in [-0.39, 0.29) is 11.9 Å². The molecule has 0 aliphatic carbocycles. The van der Waals surface area contributed by atoms with E-state index in [2.05, 4.69) is 18.3 Å². The lowest BCUT2D eigenvalue weighted by molar-refractivity contribution is -0.148. The van der Waals surface area contributed by atoms with Gasteiger partial charge in [-0.2, -0.15) is 5.90 Å². The Morgan fingerprint density at radius 3 is 2.62 bits per heavy atom. The van der Waals surface area contributed by atoms with Gasteiger partial charge in [0.25, 0.3) is 0 Å². The van der Waals surface area contributed by atoms with Gasteiger partial charge in [0.15, 0.2) is 0 Å². The summed E-state index contributed by atoms with van der Waals surface area (Å²) in [5.41, 5.74) is 0. The Balaban J connectivity index is 3.62. The minimum absolute atomic E-state index is 0.0998. The van der Waals surface area contributed by atoms with Gasteiger partial charge in [0, 0.05) is 0 Å². The molecule has 0 amide bonds. The first-order valence-electron chi connectivity index (χ1n) is 4.63. The predicted molar refractivity (Wildman–Crippen MR) is 52.7 cm³/mol. The van der Waals surface area contributed by atoms with Gasteiger partial charge in [-0.05, 0) is 25.2 Å². The topological polar surface area (TPSA) is 52.3 Å². The van der Waals surface area contributed by atoms with Crippen LogP contribution in [0.25, 0.3) is 0 Å². The summed E-state index contributed by atoms with van der Waals surface area (Å²) in [6.45, 7) is 7.64. The van der Waals surface area contributed by atoms with Gasteiger partial charge < -0.3 is 4.84 Å². The van der Waals surface area contributed by atoms with Gasteiger partial charge in [0.1, 0.15) is 0 Å². The van der Waals surface area contributed by atoms with E-state index < -0.39 is 0 Å². The molecule has 0 spiro atoms. The Morgan fingerprint density at radius 2 is 2.15 bits per heavy atom. The summed E-state index contributed by atoms with van der Waals surface area (Å²) in [4.78, 5) is 15.1. The molecule has 13 heavy (non-hydrogen) atoms. The van der Waals surface area contributed by atoms with E-state index in [1.54, 1.807) is 0 Å². The molecule has 0 fully saturated rings. The second-order valence-electron chi connectivity index (χ2n) is 3.54. The molecule has 0 rings (SSSR count). The first-order chi connectivity index (χ1) is 6.11. The molecule has 3 nitrogen and oxygen atoms in total. The Labute approximate surface area is 79.9 Å². The van der Waals surface area contributed by atoms with Gasteiger partial charge in [0.05, 0.1) is 5.92 Å². The van der Waals surface area contributed by atoms with Crippen LogP contribution in [0.2, 0.25) is 0 Å². The van der Waals surface area contributed by atoms with E-state index in [1.165, 1.54) is 0 Å². The molecule has 0 bridgehead atoms. The van der Waals surface area contributed by atoms with Crippen LogP contribution in [-0.2, 0) is 9.63 Å². The molecular weight excluding hydrogens is 166 g/mol. The van der Waals surface area contributed by atoms with Gasteiger partial charge in [-0.25, -0.2) is 0 Å². The standard InChI is InChI=1S/C10H19NO2/c1-4-5-8(2)6-7-9(3)10(12)13-11/h4,8-9H,1,5-7,11H2,2-3H3. The van der Waals surface area contributed by atoms with Crippen LogP contribution in [0.15, 0.2) is 12.7 Å². The van der Waals surface area contributed by atoms with Crippen molar-refractivity contribution in [1.29, 1.82) is 0 Å². The van der Waals surface area contributed by atoms with E-state index in [0.29, 0.717) is 5.92 Å². The van der Waals surface area contributed by atoms with Crippen LogP contribution in [0.4, 0.5) is 0 Å². The van der Waals surface area contributed by atoms with Gasteiger partial charge in [-0.15, -0.1) is 6.58 Å². The third kappa shape index (κ3) is 5.42. The molecule has 0 radical (unpaired) electrons. The van der Waals surface area contributed by atoms with E-state index >= 15 is 0 Å². The lowest BCUT2D eigenvalue weighted by atomic mass is 9.96. The van der Waals surface area contributed by atoms with Crippen LogP contribution in [0.1, 0.15) is 33.1 Å². The molecule has 3 heteroatoms. The summed E-state index contributed by atoms with van der Waals surface area (Å²) >= 11 is 0. The molecule has 2 unspecified atom stereocenters. The first-order valence-corrected chi connectivity index (χ1v) is 4.63. The maximum absolute atomic E-state index is 10.9. The van der Waals surface area contributed by atoms with Gasteiger partial charge in [-0.1, -0.05) is 19.9 Å². The number of rotatable bonds is 6. The molecule has 2 N–H and O–H groups in total. The van der Waals surface area contributed by atoms with Crippen molar-refractivity contribution in [1.82, 2.24) is 0 Å². The number of allylic oxidation sites excluding steroid dienone is 1. The Kier molecular flexibility index (Phi) is 6.24. The minimum Gasteiger partial charge on any atom is -0.373 e. The highest BCUT2D eigenvalue weighted by atomic mass is 16.7. The first kappa shape index (κ1) is 12.2. The molecular formula is C10H19NO2. The monoisotopic (exact) mass is 185 g/mol. The Bertz CT molecular complexity index is 168. The zero-order chi connectivity index (χ0) is 10.3. The average Bonchev–Trinajstić information content (AvgIpc) is 2.13. The van der Waals surface area contributed by atoms with E-state index in [9.17, 15) is 4.79 Å². The number of hydrogen-bond donors (Lipinski definition) is 1.